The molecule has 0 aliphatic carbocycles. The zero-order chi connectivity index (χ0) is 37.4. The third kappa shape index (κ3) is 8.94. The Bertz CT molecular complexity index is 1810. The highest BCUT2D eigenvalue weighted by Crippen LogP contribution is 2.51. The Hall–Kier alpha value is -5.73. The van der Waals surface area contributed by atoms with E-state index in [9.17, 15) is 45.6 Å². The lowest BCUT2D eigenvalue weighted by molar-refractivity contribution is -0.116. The number of fused-ring (bicyclic) bond motifs is 1. The van der Waals surface area contributed by atoms with Crippen molar-refractivity contribution < 1.29 is 74.1 Å². The Labute approximate surface area is 295 Å². The highest BCUT2D eigenvalue weighted by molar-refractivity contribution is 5.91. The molecule has 3 aromatic carbocycles. The first-order chi connectivity index (χ1) is 25.0. The summed E-state index contributed by atoms with van der Waals surface area (Å²) in [6.07, 6.45) is -2.86. The summed E-state index contributed by atoms with van der Waals surface area (Å²) in [5.74, 6) is -7.06. The number of carbonyl (C=O) groups excluding carboxylic acids is 1. The standard InChI is InChI=1S/C33H38N4O15/c34-1-3-47-5-7-49-8-6-48-4-2-37-15-19(35-36-37)16-50-31-27-21(39)13-20(38)14-26(27)51-30(17-9-22(40)28(44)23(41)10-17)32(31)52-33(46)18-11-24(42)29(45)25(43)12-18/h9-15,30-32,38-45H,1-8,16,34H2. The highest BCUT2D eigenvalue weighted by atomic mass is 16.6. The lowest BCUT2D eigenvalue weighted by atomic mass is 9.90. The molecule has 0 fully saturated rings. The molecule has 0 saturated heterocycles. The predicted molar refractivity (Wildman–Crippen MR) is 174 cm³/mol. The van der Waals surface area contributed by atoms with Gasteiger partial charge in [-0.1, -0.05) is 5.21 Å². The molecule has 3 atom stereocenters. The Balaban J connectivity index is 1.37. The molecule has 0 saturated carbocycles. The second kappa shape index (κ2) is 17.0. The largest absolute Gasteiger partial charge is 0.508 e. The van der Waals surface area contributed by atoms with Crippen LogP contribution in [0.15, 0.2) is 42.6 Å². The summed E-state index contributed by atoms with van der Waals surface area (Å²) in [7, 11) is 0. The number of hydrogen-bond donors (Lipinski definition) is 9. The van der Waals surface area contributed by atoms with Crippen molar-refractivity contribution in [1.82, 2.24) is 15.0 Å². The van der Waals surface area contributed by atoms with Gasteiger partial charge in [-0.3, -0.25) is 0 Å². The molecule has 1 aliphatic rings. The summed E-state index contributed by atoms with van der Waals surface area (Å²) in [6.45, 7) is 2.79. The number of nitrogens with two attached hydrogens (primary N) is 1. The van der Waals surface area contributed by atoms with Gasteiger partial charge in [0.15, 0.2) is 46.7 Å². The van der Waals surface area contributed by atoms with Gasteiger partial charge in [-0.15, -0.1) is 5.10 Å². The van der Waals surface area contributed by atoms with Crippen LogP contribution in [0.2, 0.25) is 0 Å². The molecule has 2 heterocycles. The monoisotopic (exact) mass is 730 g/mol. The van der Waals surface area contributed by atoms with Crippen LogP contribution in [-0.4, -0.2) is 114 Å². The highest BCUT2D eigenvalue weighted by Gasteiger charge is 2.45. The first kappa shape index (κ1) is 37.5. The first-order valence-electron chi connectivity index (χ1n) is 15.8. The van der Waals surface area contributed by atoms with E-state index < -0.39 is 75.8 Å². The van der Waals surface area contributed by atoms with Crippen LogP contribution in [0.3, 0.4) is 0 Å². The van der Waals surface area contributed by atoms with Crippen molar-refractivity contribution in [1.29, 1.82) is 0 Å². The number of carbonyl (C=O) groups is 1. The lowest BCUT2D eigenvalue weighted by Gasteiger charge is -2.39. The zero-order valence-corrected chi connectivity index (χ0v) is 27.5. The van der Waals surface area contributed by atoms with Gasteiger partial charge in [-0.25, -0.2) is 9.48 Å². The summed E-state index contributed by atoms with van der Waals surface area (Å²) < 4.78 is 35.7. The molecule has 0 bridgehead atoms. The Kier molecular flexibility index (Phi) is 12.3. The van der Waals surface area contributed by atoms with E-state index in [2.05, 4.69) is 10.3 Å². The molecule has 0 spiro atoms. The summed E-state index contributed by atoms with van der Waals surface area (Å²) in [5, 5.41) is 89.7. The van der Waals surface area contributed by atoms with Gasteiger partial charge in [-0.05, 0) is 24.3 Å². The number of aromatic nitrogens is 3. The van der Waals surface area contributed by atoms with Crippen molar-refractivity contribution in [2.75, 3.05) is 46.2 Å². The van der Waals surface area contributed by atoms with Crippen LogP contribution in [0.5, 0.6) is 51.7 Å². The van der Waals surface area contributed by atoms with Crippen molar-refractivity contribution in [3.05, 3.63) is 65.0 Å². The number of esters is 1. The molecule has 5 rings (SSSR count). The van der Waals surface area contributed by atoms with Crippen LogP contribution in [-0.2, 0) is 36.8 Å². The summed E-state index contributed by atoms with van der Waals surface area (Å²) in [4.78, 5) is 13.5. The number of phenols is 8. The fraction of sp³-hybridized carbons (Fsp3) is 0.364. The van der Waals surface area contributed by atoms with Crippen LogP contribution in [0, 0.1) is 0 Å². The lowest BCUT2D eigenvalue weighted by Crippen LogP contribution is -2.39. The SMILES string of the molecule is NCCOCCOCCOCCn1cc(COC2c3c(O)cc(O)cc3OC(c3cc(O)c(O)c(O)c3)C2OC(=O)c2cc(O)c(O)c(O)c2)nn1. The van der Waals surface area contributed by atoms with E-state index >= 15 is 0 Å². The first-order valence-corrected chi connectivity index (χ1v) is 15.8. The third-order valence-corrected chi connectivity index (χ3v) is 7.68. The number of benzene rings is 3. The van der Waals surface area contributed by atoms with Gasteiger partial charge in [0.25, 0.3) is 0 Å². The number of rotatable bonds is 17. The maximum atomic E-state index is 13.5. The zero-order valence-electron chi connectivity index (χ0n) is 27.5. The van der Waals surface area contributed by atoms with Gasteiger partial charge in [0.2, 0.25) is 0 Å². The van der Waals surface area contributed by atoms with E-state index in [0.717, 1.165) is 36.4 Å². The number of hydrogen-bond acceptors (Lipinski definition) is 18. The second-order valence-corrected chi connectivity index (χ2v) is 11.4. The normalized spacial score (nSPS) is 16.7. The molecule has 19 heteroatoms. The van der Waals surface area contributed by atoms with E-state index in [-0.39, 0.29) is 30.1 Å². The summed E-state index contributed by atoms with van der Waals surface area (Å²) >= 11 is 0. The van der Waals surface area contributed by atoms with Crippen molar-refractivity contribution in [3.8, 4) is 51.7 Å². The minimum Gasteiger partial charge on any atom is -0.508 e. The number of aromatic hydroxyl groups is 8. The van der Waals surface area contributed by atoms with Crippen LogP contribution >= 0.6 is 0 Å². The van der Waals surface area contributed by atoms with Crippen molar-refractivity contribution in [2.45, 2.75) is 31.5 Å². The van der Waals surface area contributed by atoms with Gasteiger partial charge in [0.05, 0.1) is 70.1 Å². The van der Waals surface area contributed by atoms with Gasteiger partial charge in [0, 0.05) is 24.2 Å². The van der Waals surface area contributed by atoms with E-state index in [0.29, 0.717) is 51.8 Å². The van der Waals surface area contributed by atoms with Crippen LogP contribution in [0.4, 0.5) is 0 Å². The molecule has 3 unspecified atom stereocenters. The number of nitrogens with zero attached hydrogens (tertiary/aromatic N) is 3. The van der Waals surface area contributed by atoms with Crippen LogP contribution < -0.4 is 10.5 Å². The molecule has 52 heavy (non-hydrogen) atoms. The maximum absolute atomic E-state index is 13.5. The molecular weight excluding hydrogens is 692 g/mol. The van der Waals surface area contributed by atoms with Crippen molar-refractivity contribution in [2.24, 2.45) is 5.73 Å². The molecule has 0 amide bonds. The molecule has 280 valence electrons. The average molecular weight is 731 g/mol. The minimum atomic E-state index is -1.57. The van der Waals surface area contributed by atoms with E-state index in [1.54, 1.807) is 6.20 Å². The fourth-order valence-corrected chi connectivity index (χ4v) is 5.24. The molecule has 19 nitrogen and oxygen atoms in total. The minimum absolute atomic E-state index is 0.0413. The number of phenolic OH excluding ortho intramolecular Hbond substituents is 8. The van der Waals surface area contributed by atoms with Gasteiger partial charge in [-0.2, -0.15) is 0 Å². The molecule has 4 aromatic rings. The third-order valence-electron chi connectivity index (χ3n) is 7.68. The second-order valence-electron chi connectivity index (χ2n) is 11.4. The van der Waals surface area contributed by atoms with E-state index in [1.807, 2.05) is 0 Å². The number of ether oxygens (including phenoxy) is 6. The van der Waals surface area contributed by atoms with Crippen molar-refractivity contribution in [3.63, 3.8) is 0 Å². The Morgan fingerprint density at radius 1 is 0.769 bits per heavy atom. The summed E-state index contributed by atoms with van der Waals surface area (Å²) in [5.41, 5.74) is 5.15. The average Bonchev–Trinajstić information content (AvgIpc) is 3.56. The van der Waals surface area contributed by atoms with Gasteiger partial charge in [0.1, 0.15) is 29.0 Å². The van der Waals surface area contributed by atoms with E-state index in [4.69, 9.17) is 34.2 Å². The molecule has 1 aromatic heterocycles. The Morgan fingerprint density at radius 2 is 1.37 bits per heavy atom. The maximum Gasteiger partial charge on any atom is 0.338 e. The van der Waals surface area contributed by atoms with Gasteiger partial charge < -0.3 is 75.0 Å². The summed E-state index contributed by atoms with van der Waals surface area (Å²) in [6, 6.07) is 5.89. The van der Waals surface area contributed by atoms with Crippen LogP contribution in [0.25, 0.3) is 0 Å². The topological polar surface area (TPSA) is 291 Å². The molecular formula is C33H38N4O15. The molecule has 0 radical (unpaired) electrons. The fourth-order valence-electron chi connectivity index (χ4n) is 5.24. The van der Waals surface area contributed by atoms with E-state index in [1.165, 1.54) is 4.68 Å². The van der Waals surface area contributed by atoms with Crippen LogP contribution in [0.1, 0.15) is 39.4 Å². The Morgan fingerprint density at radius 3 is 2.00 bits per heavy atom. The smallest absolute Gasteiger partial charge is 0.338 e. The molecule has 1 aliphatic heterocycles. The quantitative estimate of drug-likeness (QED) is 0.0423. The molecule has 10 N–H and O–H groups in total. The van der Waals surface area contributed by atoms with Crippen molar-refractivity contribution >= 4 is 5.97 Å². The van der Waals surface area contributed by atoms with Gasteiger partial charge >= 0.3 is 5.97 Å². The predicted octanol–water partition coefficient (Wildman–Crippen LogP) is 1.55.